The number of rotatable bonds is 3. The summed E-state index contributed by atoms with van der Waals surface area (Å²) in [5.41, 5.74) is 1.37. The van der Waals surface area contributed by atoms with Gasteiger partial charge in [-0.05, 0) is 49.2 Å². The van der Waals surface area contributed by atoms with Crippen molar-refractivity contribution < 1.29 is 17.7 Å². The van der Waals surface area contributed by atoms with E-state index in [0.29, 0.717) is 11.1 Å². The zero-order valence-electron chi connectivity index (χ0n) is 11.5. The minimum absolute atomic E-state index is 0.00195. The van der Waals surface area contributed by atoms with Gasteiger partial charge in [-0.25, -0.2) is 0 Å². The lowest BCUT2D eigenvalue weighted by Crippen LogP contribution is -2.12. The van der Waals surface area contributed by atoms with Gasteiger partial charge in [0.25, 0.3) is 0 Å². The van der Waals surface area contributed by atoms with Gasteiger partial charge >= 0.3 is 10.1 Å². The number of hydrogen-bond acceptors (Lipinski definition) is 5. The third kappa shape index (κ3) is 3.33. The average molecular weight is 303 g/mol. The van der Waals surface area contributed by atoms with Gasteiger partial charge in [-0.2, -0.15) is 13.7 Å². The van der Waals surface area contributed by atoms with Gasteiger partial charge in [0.15, 0.2) is 0 Å². The van der Waals surface area contributed by atoms with Crippen molar-refractivity contribution >= 4 is 10.1 Å². The first-order chi connectivity index (χ1) is 9.81. The molecule has 0 fully saturated rings. The topological polar surface area (TPSA) is 87.4 Å². The highest BCUT2D eigenvalue weighted by molar-refractivity contribution is 7.87. The summed E-state index contributed by atoms with van der Waals surface area (Å²) in [4.78, 5) is -0.189. The van der Waals surface area contributed by atoms with Crippen molar-refractivity contribution in [3.8, 4) is 17.6 Å². The van der Waals surface area contributed by atoms with Crippen LogP contribution in [-0.4, -0.2) is 13.5 Å². The Kier molecular flexibility index (Phi) is 3.87. The quantitative estimate of drug-likeness (QED) is 0.881. The fourth-order valence-corrected chi connectivity index (χ4v) is 3.03. The van der Waals surface area contributed by atoms with E-state index in [1.165, 1.54) is 30.3 Å². The van der Waals surface area contributed by atoms with Crippen LogP contribution in [-0.2, 0) is 10.1 Å². The Hall–Kier alpha value is -2.52. The molecule has 2 aromatic rings. The van der Waals surface area contributed by atoms with Crippen LogP contribution in [0.1, 0.15) is 16.7 Å². The molecular formula is C15H13NO4S. The number of phenols is 1. The molecule has 0 saturated carbocycles. The van der Waals surface area contributed by atoms with Crippen LogP contribution in [0.5, 0.6) is 11.5 Å². The van der Waals surface area contributed by atoms with Gasteiger partial charge in [-0.15, -0.1) is 0 Å². The molecule has 0 aromatic heterocycles. The number of benzene rings is 2. The van der Waals surface area contributed by atoms with E-state index in [2.05, 4.69) is 0 Å². The summed E-state index contributed by atoms with van der Waals surface area (Å²) in [7, 11) is -4.15. The summed E-state index contributed by atoms with van der Waals surface area (Å²) < 4.78 is 29.6. The van der Waals surface area contributed by atoms with Crippen LogP contribution in [0.3, 0.4) is 0 Å². The van der Waals surface area contributed by atoms with Gasteiger partial charge in [-0.1, -0.05) is 6.07 Å². The van der Waals surface area contributed by atoms with Gasteiger partial charge in [-0.3, -0.25) is 0 Å². The Morgan fingerprint density at radius 1 is 1.10 bits per heavy atom. The maximum Gasteiger partial charge on any atom is 0.340 e. The van der Waals surface area contributed by atoms with Gasteiger partial charge in [0.2, 0.25) is 0 Å². The predicted octanol–water partition coefficient (Wildman–Crippen LogP) is 2.65. The monoisotopic (exact) mass is 303 g/mol. The van der Waals surface area contributed by atoms with Gasteiger partial charge in [0.05, 0.1) is 5.56 Å². The highest BCUT2D eigenvalue weighted by Gasteiger charge is 2.21. The first kappa shape index (κ1) is 14.9. The molecule has 0 atom stereocenters. The molecule has 0 aliphatic heterocycles. The van der Waals surface area contributed by atoms with Crippen molar-refractivity contribution in [1.29, 1.82) is 5.26 Å². The second-order valence-electron chi connectivity index (χ2n) is 4.65. The van der Waals surface area contributed by atoms with Crippen LogP contribution in [0, 0.1) is 25.2 Å². The maximum absolute atomic E-state index is 12.3. The molecular weight excluding hydrogens is 290 g/mol. The summed E-state index contributed by atoms with van der Waals surface area (Å²) in [6, 6.07) is 10.5. The molecule has 1 N–H and O–H groups in total. The molecule has 0 aliphatic carbocycles. The standard InChI is InChI=1S/C15H13NO4S/c1-10-3-4-12(9-16)15(7-10)21(18,19)20-14-6-11(2)5-13(17)8-14/h3-8,17H,1-2H3. The first-order valence-corrected chi connectivity index (χ1v) is 7.48. The molecule has 0 aliphatic rings. The van der Waals surface area contributed by atoms with Gasteiger partial charge in [0, 0.05) is 6.07 Å². The van der Waals surface area contributed by atoms with E-state index in [9.17, 15) is 13.5 Å². The van der Waals surface area contributed by atoms with E-state index in [1.54, 1.807) is 19.9 Å². The van der Waals surface area contributed by atoms with Crippen molar-refractivity contribution in [3.05, 3.63) is 53.1 Å². The normalized spacial score (nSPS) is 10.9. The molecule has 0 heterocycles. The zero-order valence-corrected chi connectivity index (χ0v) is 12.3. The molecule has 2 rings (SSSR count). The molecule has 0 bridgehead atoms. The number of nitrogens with zero attached hydrogens (tertiary/aromatic N) is 1. The third-order valence-electron chi connectivity index (χ3n) is 2.77. The smallest absolute Gasteiger partial charge is 0.340 e. The van der Waals surface area contributed by atoms with Crippen molar-refractivity contribution in [1.82, 2.24) is 0 Å². The molecule has 0 amide bonds. The molecule has 0 unspecified atom stereocenters. The van der Waals surface area contributed by atoms with Crippen molar-refractivity contribution in [2.24, 2.45) is 0 Å². The van der Waals surface area contributed by atoms with Crippen LogP contribution in [0.2, 0.25) is 0 Å². The highest BCUT2D eigenvalue weighted by Crippen LogP contribution is 2.26. The summed E-state index contributed by atoms with van der Waals surface area (Å²) in [5.74, 6) is -0.0946. The zero-order chi connectivity index (χ0) is 15.6. The summed E-state index contributed by atoms with van der Waals surface area (Å²) in [6.07, 6.45) is 0. The number of hydrogen-bond donors (Lipinski definition) is 1. The van der Waals surface area contributed by atoms with E-state index >= 15 is 0 Å². The van der Waals surface area contributed by atoms with E-state index in [0.717, 1.165) is 0 Å². The van der Waals surface area contributed by atoms with Crippen LogP contribution in [0.15, 0.2) is 41.3 Å². The minimum Gasteiger partial charge on any atom is -0.508 e. The molecule has 0 spiro atoms. The van der Waals surface area contributed by atoms with Gasteiger partial charge < -0.3 is 9.29 Å². The lowest BCUT2D eigenvalue weighted by molar-refractivity contribution is 0.463. The molecule has 0 radical (unpaired) electrons. The fraction of sp³-hybridized carbons (Fsp3) is 0.133. The largest absolute Gasteiger partial charge is 0.508 e. The Morgan fingerprint density at radius 3 is 2.43 bits per heavy atom. The molecule has 108 valence electrons. The minimum atomic E-state index is -4.15. The highest BCUT2D eigenvalue weighted by atomic mass is 32.2. The second kappa shape index (κ2) is 5.46. The second-order valence-corrected chi connectivity index (χ2v) is 6.17. The van der Waals surface area contributed by atoms with E-state index < -0.39 is 10.1 Å². The Morgan fingerprint density at radius 2 is 1.81 bits per heavy atom. The summed E-state index contributed by atoms with van der Waals surface area (Å²) in [6.45, 7) is 3.42. The van der Waals surface area contributed by atoms with Crippen LogP contribution < -0.4 is 4.18 Å². The first-order valence-electron chi connectivity index (χ1n) is 6.08. The van der Waals surface area contributed by atoms with Crippen molar-refractivity contribution in [2.45, 2.75) is 18.7 Å². The lowest BCUT2D eigenvalue weighted by atomic mass is 10.2. The maximum atomic E-state index is 12.3. The fourth-order valence-electron chi connectivity index (χ4n) is 1.88. The SMILES string of the molecule is Cc1cc(O)cc(OS(=O)(=O)c2cc(C)ccc2C#N)c1. The van der Waals surface area contributed by atoms with E-state index in [1.807, 2.05) is 6.07 Å². The third-order valence-corrected chi connectivity index (χ3v) is 4.06. The molecule has 21 heavy (non-hydrogen) atoms. The van der Waals surface area contributed by atoms with Crippen LogP contribution >= 0.6 is 0 Å². The van der Waals surface area contributed by atoms with Crippen molar-refractivity contribution in [3.63, 3.8) is 0 Å². The van der Waals surface area contributed by atoms with E-state index in [4.69, 9.17) is 9.44 Å². The molecule has 2 aromatic carbocycles. The van der Waals surface area contributed by atoms with Crippen molar-refractivity contribution in [2.75, 3.05) is 0 Å². The van der Waals surface area contributed by atoms with Gasteiger partial charge in [0.1, 0.15) is 22.5 Å². The number of aryl methyl sites for hydroxylation is 2. The van der Waals surface area contributed by atoms with Crippen LogP contribution in [0.25, 0.3) is 0 Å². The Bertz CT molecular complexity index is 815. The average Bonchev–Trinajstić information content (AvgIpc) is 2.36. The number of phenolic OH excluding ortho intramolecular Hbond substituents is 1. The summed E-state index contributed by atoms with van der Waals surface area (Å²) in [5, 5.41) is 18.5. The summed E-state index contributed by atoms with van der Waals surface area (Å²) >= 11 is 0. The number of nitriles is 1. The molecule has 6 heteroatoms. The van der Waals surface area contributed by atoms with Crippen LogP contribution in [0.4, 0.5) is 0 Å². The van der Waals surface area contributed by atoms with E-state index in [-0.39, 0.29) is 22.0 Å². The lowest BCUT2D eigenvalue weighted by Gasteiger charge is -2.10. The molecule has 0 saturated heterocycles. The molecule has 5 nitrogen and oxygen atoms in total. The Balaban J connectivity index is 2.48. The predicted molar refractivity (Wildman–Crippen MR) is 76.6 cm³/mol. The number of aromatic hydroxyl groups is 1. The Labute approximate surface area is 123 Å².